The maximum absolute atomic E-state index is 12.3. The molecule has 0 saturated heterocycles. The molecule has 0 saturated carbocycles. The van der Waals surface area contributed by atoms with Gasteiger partial charge in [-0.1, -0.05) is 18.5 Å². The van der Waals surface area contributed by atoms with Gasteiger partial charge in [-0.05, 0) is 48.0 Å². The minimum absolute atomic E-state index is 0.0670. The average molecular weight is 443 g/mol. The fourth-order valence-corrected chi connectivity index (χ4v) is 2.96. The topological polar surface area (TPSA) is 103 Å². The molecule has 9 heteroatoms. The smallest absolute Gasteiger partial charge is 0.363 e. The summed E-state index contributed by atoms with van der Waals surface area (Å²) in [7, 11) is 1.41. The third-order valence-corrected chi connectivity index (χ3v) is 4.41. The van der Waals surface area contributed by atoms with Gasteiger partial charge in [0.1, 0.15) is 0 Å². The van der Waals surface area contributed by atoms with Crippen molar-refractivity contribution in [2.45, 2.75) is 20.3 Å². The number of hydrogen-bond acceptors (Lipinski definition) is 7. The Kier molecular flexibility index (Phi) is 6.71. The number of methoxy groups -OCH3 is 1. The number of nitrogens with zero attached hydrogens (tertiary/aromatic N) is 1. The number of hydrogen-bond donors (Lipinski definition) is 1. The van der Waals surface area contributed by atoms with Gasteiger partial charge in [-0.15, -0.1) is 0 Å². The van der Waals surface area contributed by atoms with Crippen LogP contribution in [0.5, 0.6) is 11.5 Å². The van der Waals surface area contributed by atoms with Crippen LogP contribution < -0.4 is 14.8 Å². The molecule has 0 spiro atoms. The fraction of sp³-hybridized carbons (Fsp3) is 0.182. The van der Waals surface area contributed by atoms with E-state index < -0.39 is 11.9 Å². The predicted molar refractivity (Wildman–Crippen MR) is 115 cm³/mol. The standard InChI is InChI=1S/C22H19ClN2O6/c1-4-19(27)30-20-16(23)9-13(11-18(20)29-3)10-17-22(28)31-21(25-17)14-5-7-15(8-6-14)24-12(2)26/h5-11H,4H2,1-3H3,(H,24,26)/b17-10-. The van der Waals surface area contributed by atoms with E-state index in [1.165, 1.54) is 26.2 Å². The summed E-state index contributed by atoms with van der Waals surface area (Å²) in [5, 5.41) is 2.81. The van der Waals surface area contributed by atoms with Crippen molar-refractivity contribution in [2.24, 2.45) is 4.99 Å². The minimum atomic E-state index is -0.627. The summed E-state index contributed by atoms with van der Waals surface area (Å²) in [6, 6.07) is 9.80. The number of rotatable bonds is 6. The summed E-state index contributed by atoms with van der Waals surface area (Å²) in [5.74, 6) is -0.785. The van der Waals surface area contributed by atoms with Gasteiger partial charge in [-0.2, -0.15) is 0 Å². The molecule has 0 atom stereocenters. The average Bonchev–Trinajstić information content (AvgIpc) is 3.09. The van der Waals surface area contributed by atoms with Crippen molar-refractivity contribution in [2.75, 3.05) is 12.4 Å². The molecular formula is C22H19ClN2O6. The molecule has 1 N–H and O–H groups in total. The van der Waals surface area contributed by atoms with Crippen LogP contribution in [-0.2, 0) is 19.1 Å². The Morgan fingerprint density at radius 2 is 1.94 bits per heavy atom. The third kappa shape index (κ3) is 5.29. The zero-order valence-corrected chi connectivity index (χ0v) is 17.8. The van der Waals surface area contributed by atoms with E-state index >= 15 is 0 Å². The van der Waals surface area contributed by atoms with Gasteiger partial charge >= 0.3 is 11.9 Å². The lowest BCUT2D eigenvalue weighted by Crippen LogP contribution is -2.07. The monoisotopic (exact) mass is 442 g/mol. The molecule has 0 unspecified atom stereocenters. The van der Waals surface area contributed by atoms with Crippen molar-refractivity contribution in [3.8, 4) is 11.5 Å². The lowest BCUT2D eigenvalue weighted by molar-refractivity contribution is -0.134. The van der Waals surface area contributed by atoms with Crippen LogP contribution in [0, 0.1) is 0 Å². The van der Waals surface area contributed by atoms with Crippen LogP contribution in [-0.4, -0.2) is 30.9 Å². The zero-order chi connectivity index (χ0) is 22.5. The first-order chi connectivity index (χ1) is 14.8. The lowest BCUT2D eigenvalue weighted by Gasteiger charge is -2.11. The summed E-state index contributed by atoms with van der Waals surface area (Å²) in [5.41, 5.74) is 1.76. The SMILES string of the molecule is CCC(=O)Oc1c(Cl)cc(/C=C2\N=C(c3ccc(NC(C)=O)cc3)OC2=O)cc1OC. The van der Waals surface area contributed by atoms with E-state index in [0.29, 0.717) is 16.8 Å². The molecule has 0 radical (unpaired) electrons. The van der Waals surface area contributed by atoms with Crippen LogP contribution in [0.25, 0.3) is 6.08 Å². The number of anilines is 1. The summed E-state index contributed by atoms with van der Waals surface area (Å²) in [4.78, 5) is 39.2. The molecule has 0 aromatic heterocycles. The predicted octanol–water partition coefficient (Wildman–Crippen LogP) is 3.97. The summed E-state index contributed by atoms with van der Waals surface area (Å²) < 4.78 is 15.7. The molecule has 31 heavy (non-hydrogen) atoms. The number of carbonyl (C=O) groups excluding carboxylic acids is 3. The molecule has 2 aromatic rings. The molecule has 2 aromatic carbocycles. The van der Waals surface area contributed by atoms with Crippen LogP contribution >= 0.6 is 11.6 Å². The number of nitrogens with one attached hydrogen (secondary N) is 1. The van der Waals surface area contributed by atoms with Gasteiger partial charge in [0.15, 0.2) is 17.2 Å². The number of esters is 2. The van der Waals surface area contributed by atoms with E-state index in [1.54, 1.807) is 37.3 Å². The lowest BCUT2D eigenvalue weighted by atomic mass is 10.1. The Labute approximate surface area is 183 Å². The van der Waals surface area contributed by atoms with Crippen LogP contribution in [0.4, 0.5) is 5.69 Å². The maximum atomic E-state index is 12.3. The highest BCUT2D eigenvalue weighted by Gasteiger charge is 2.25. The van der Waals surface area contributed by atoms with E-state index in [0.717, 1.165) is 0 Å². The second-order valence-corrected chi connectivity index (χ2v) is 6.86. The van der Waals surface area contributed by atoms with E-state index in [1.807, 2.05) is 0 Å². The quantitative estimate of drug-likeness (QED) is 0.412. The molecule has 0 aliphatic carbocycles. The van der Waals surface area contributed by atoms with Gasteiger partial charge in [0.05, 0.1) is 12.1 Å². The molecule has 8 nitrogen and oxygen atoms in total. The van der Waals surface area contributed by atoms with Crippen LogP contribution in [0.15, 0.2) is 47.1 Å². The van der Waals surface area contributed by atoms with Gasteiger partial charge < -0.3 is 19.5 Å². The van der Waals surface area contributed by atoms with E-state index in [4.69, 9.17) is 25.8 Å². The first-order valence-electron chi connectivity index (χ1n) is 9.29. The number of amides is 1. The molecule has 1 aliphatic rings. The van der Waals surface area contributed by atoms with E-state index in [-0.39, 0.29) is 40.4 Å². The molecular weight excluding hydrogens is 424 g/mol. The van der Waals surface area contributed by atoms with E-state index in [9.17, 15) is 14.4 Å². The molecule has 1 amide bonds. The van der Waals surface area contributed by atoms with Gasteiger partial charge in [-0.25, -0.2) is 9.79 Å². The Morgan fingerprint density at radius 3 is 2.55 bits per heavy atom. The highest BCUT2D eigenvalue weighted by Crippen LogP contribution is 2.37. The second-order valence-electron chi connectivity index (χ2n) is 6.46. The van der Waals surface area contributed by atoms with Gasteiger partial charge in [-0.3, -0.25) is 9.59 Å². The fourth-order valence-electron chi connectivity index (χ4n) is 2.70. The maximum Gasteiger partial charge on any atom is 0.363 e. The van der Waals surface area contributed by atoms with Crippen molar-refractivity contribution in [3.05, 3.63) is 58.2 Å². The van der Waals surface area contributed by atoms with Gasteiger partial charge in [0.2, 0.25) is 11.8 Å². The number of cyclic esters (lactones) is 1. The Balaban J connectivity index is 1.88. The Bertz CT molecular complexity index is 1110. The summed E-state index contributed by atoms with van der Waals surface area (Å²) >= 11 is 6.24. The van der Waals surface area contributed by atoms with Crippen molar-refractivity contribution >= 4 is 47.1 Å². The first-order valence-corrected chi connectivity index (χ1v) is 9.67. The van der Waals surface area contributed by atoms with Gasteiger partial charge in [0, 0.05) is 24.6 Å². The van der Waals surface area contributed by atoms with Gasteiger partial charge in [0.25, 0.3) is 0 Å². The largest absolute Gasteiger partial charge is 0.493 e. The minimum Gasteiger partial charge on any atom is -0.493 e. The van der Waals surface area contributed by atoms with E-state index in [2.05, 4.69) is 10.3 Å². The summed E-state index contributed by atoms with van der Waals surface area (Å²) in [6.45, 7) is 3.07. The van der Waals surface area contributed by atoms with Crippen molar-refractivity contribution < 1.29 is 28.6 Å². The van der Waals surface area contributed by atoms with Crippen molar-refractivity contribution in [1.29, 1.82) is 0 Å². The molecule has 1 aliphatic heterocycles. The Morgan fingerprint density at radius 1 is 1.23 bits per heavy atom. The highest BCUT2D eigenvalue weighted by molar-refractivity contribution is 6.32. The number of benzene rings is 2. The molecule has 3 rings (SSSR count). The van der Waals surface area contributed by atoms with Crippen LogP contribution in [0.2, 0.25) is 5.02 Å². The number of ether oxygens (including phenoxy) is 3. The Hall–Kier alpha value is -3.65. The molecule has 0 bridgehead atoms. The second kappa shape index (κ2) is 9.44. The number of aliphatic imine (C=N–C) groups is 1. The number of halogens is 1. The summed E-state index contributed by atoms with van der Waals surface area (Å²) in [6.07, 6.45) is 1.67. The van der Waals surface area contributed by atoms with Crippen molar-refractivity contribution in [3.63, 3.8) is 0 Å². The molecule has 1 heterocycles. The van der Waals surface area contributed by atoms with Crippen LogP contribution in [0.1, 0.15) is 31.4 Å². The number of carbonyl (C=O) groups is 3. The molecule has 0 fully saturated rings. The van der Waals surface area contributed by atoms with Crippen LogP contribution in [0.3, 0.4) is 0 Å². The normalized spacial score (nSPS) is 14.1. The molecule has 160 valence electrons. The third-order valence-electron chi connectivity index (χ3n) is 4.13. The first kappa shape index (κ1) is 22.0. The highest BCUT2D eigenvalue weighted by atomic mass is 35.5. The van der Waals surface area contributed by atoms with Crippen molar-refractivity contribution in [1.82, 2.24) is 0 Å². The zero-order valence-electron chi connectivity index (χ0n) is 17.0.